The Morgan fingerprint density at radius 2 is 1.52 bits per heavy atom. The van der Waals surface area contributed by atoms with Crippen molar-refractivity contribution in [2.75, 3.05) is 25.6 Å². The van der Waals surface area contributed by atoms with E-state index < -0.39 is 12.0 Å². The highest BCUT2D eigenvalue weighted by atomic mass is 16.5. The van der Waals surface area contributed by atoms with E-state index in [0.717, 1.165) is 16.7 Å². The molecule has 48 heavy (non-hydrogen) atoms. The van der Waals surface area contributed by atoms with Gasteiger partial charge in [0.05, 0.1) is 13.7 Å². The SMILES string of the molecule is COC(=O)C(Cc1ccc(OCCN(Cc2ccccc2)C(=O)C=Cc2cccnc2)cc1)Nc1ccccc1C(=O)c1ccccc1. The van der Waals surface area contributed by atoms with E-state index in [4.69, 9.17) is 9.47 Å². The Balaban J connectivity index is 1.21. The lowest BCUT2D eigenvalue weighted by atomic mass is 10.00. The standard InChI is InChI=1S/C40H37N3O5/c1-47-40(46)37(42-36-17-9-8-16-35(36)39(45)33-14-6-3-7-15-33)27-30-18-21-34(22-19-30)48-26-25-43(29-32-11-4-2-5-12-32)38(44)23-20-31-13-10-24-41-28-31/h2-24,28,37,42H,25-27,29H2,1H3. The molecular formula is C40H37N3O5. The molecule has 0 radical (unpaired) electrons. The number of pyridine rings is 1. The molecule has 5 rings (SSSR count). The number of carbonyl (C=O) groups excluding carboxylic acids is 3. The molecule has 1 amide bonds. The summed E-state index contributed by atoms with van der Waals surface area (Å²) in [6.45, 7) is 1.11. The van der Waals surface area contributed by atoms with Crippen LogP contribution in [0.2, 0.25) is 0 Å². The van der Waals surface area contributed by atoms with Crippen molar-refractivity contribution in [1.82, 2.24) is 9.88 Å². The minimum Gasteiger partial charge on any atom is -0.492 e. The van der Waals surface area contributed by atoms with Crippen LogP contribution in [0, 0.1) is 0 Å². The molecule has 0 saturated carbocycles. The van der Waals surface area contributed by atoms with Gasteiger partial charge in [-0.3, -0.25) is 14.6 Å². The summed E-state index contributed by atoms with van der Waals surface area (Å²) in [6, 6.07) is 36.4. The van der Waals surface area contributed by atoms with Gasteiger partial charge < -0.3 is 19.7 Å². The number of anilines is 1. The van der Waals surface area contributed by atoms with E-state index in [1.807, 2.05) is 91.0 Å². The maximum Gasteiger partial charge on any atom is 0.328 e. The van der Waals surface area contributed by atoms with Gasteiger partial charge in [-0.1, -0.05) is 91.0 Å². The van der Waals surface area contributed by atoms with Gasteiger partial charge in [-0.15, -0.1) is 0 Å². The Labute approximate surface area is 280 Å². The summed E-state index contributed by atoms with van der Waals surface area (Å²) in [6.07, 6.45) is 7.02. The van der Waals surface area contributed by atoms with Gasteiger partial charge in [0.25, 0.3) is 0 Å². The van der Waals surface area contributed by atoms with Crippen molar-refractivity contribution in [3.63, 3.8) is 0 Å². The average molecular weight is 640 g/mol. The maximum absolute atomic E-state index is 13.2. The summed E-state index contributed by atoms with van der Waals surface area (Å²) < 4.78 is 11.1. The number of methoxy groups -OCH3 is 1. The number of hydrogen-bond donors (Lipinski definition) is 1. The molecule has 1 unspecified atom stereocenters. The molecule has 8 nitrogen and oxygen atoms in total. The van der Waals surface area contributed by atoms with Crippen LogP contribution >= 0.6 is 0 Å². The quantitative estimate of drug-likeness (QED) is 0.0780. The topological polar surface area (TPSA) is 97.8 Å². The van der Waals surface area contributed by atoms with Crippen molar-refractivity contribution in [3.8, 4) is 5.75 Å². The summed E-state index contributed by atoms with van der Waals surface area (Å²) in [5.41, 5.74) is 4.31. The molecule has 0 aliphatic rings. The Bertz CT molecular complexity index is 1810. The van der Waals surface area contributed by atoms with Crippen LogP contribution in [-0.4, -0.2) is 53.8 Å². The molecule has 1 N–H and O–H groups in total. The summed E-state index contributed by atoms with van der Waals surface area (Å²) >= 11 is 0. The minimum atomic E-state index is -0.733. The number of nitrogens with zero attached hydrogens (tertiary/aromatic N) is 2. The normalized spacial score (nSPS) is 11.4. The zero-order valence-corrected chi connectivity index (χ0v) is 26.7. The largest absolute Gasteiger partial charge is 0.492 e. The summed E-state index contributed by atoms with van der Waals surface area (Å²) in [5, 5.41) is 3.24. The number of ether oxygens (including phenoxy) is 2. The monoisotopic (exact) mass is 639 g/mol. The van der Waals surface area contributed by atoms with E-state index in [1.165, 1.54) is 7.11 Å². The molecule has 1 heterocycles. The van der Waals surface area contributed by atoms with E-state index in [-0.39, 0.29) is 18.3 Å². The first-order chi connectivity index (χ1) is 23.5. The molecule has 0 bridgehead atoms. The van der Waals surface area contributed by atoms with E-state index in [2.05, 4.69) is 10.3 Å². The first-order valence-corrected chi connectivity index (χ1v) is 15.7. The highest BCUT2D eigenvalue weighted by Crippen LogP contribution is 2.22. The highest BCUT2D eigenvalue weighted by molar-refractivity contribution is 6.12. The van der Waals surface area contributed by atoms with Crippen molar-refractivity contribution < 1.29 is 23.9 Å². The number of nitrogens with one attached hydrogen (secondary N) is 1. The molecule has 1 aromatic heterocycles. The number of benzene rings is 4. The number of esters is 1. The number of ketones is 1. The van der Waals surface area contributed by atoms with Crippen molar-refractivity contribution in [2.24, 2.45) is 0 Å². The van der Waals surface area contributed by atoms with Gasteiger partial charge in [0.2, 0.25) is 5.91 Å². The summed E-state index contributed by atoms with van der Waals surface area (Å²) in [4.78, 5) is 45.0. The molecule has 0 aliphatic heterocycles. The van der Waals surface area contributed by atoms with E-state index in [1.54, 1.807) is 59.8 Å². The van der Waals surface area contributed by atoms with Crippen molar-refractivity contribution in [2.45, 2.75) is 19.0 Å². The number of para-hydroxylation sites is 1. The van der Waals surface area contributed by atoms with Crippen LogP contribution in [0.1, 0.15) is 32.6 Å². The minimum absolute atomic E-state index is 0.130. The van der Waals surface area contributed by atoms with E-state index in [9.17, 15) is 14.4 Å². The van der Waals surface area contributed by atoms with E-state index in [0.29, 0.717) is 42.1 Å². The molecular weight excluding hydrogens is 602 g/mol. The number of aromatic nitrogens is 1. The predicted molar refractivity (Wildman–Crippen MR) is 187 cm³/mol. The fourth-order valence-corrected chi connectivity index (χ4v) is 5.12. The lowest BCUT2D eigenvalue weighted by Gasteiger charge is -2.22. The Kier molecular flexibility index (Phi) is 11.8. The van der Waals surface area contributed by atoms with Crippen molar-refractivity contribution >= 4 is 29.4 Å². The highest BCUT2D eigenvalue weighted by Gasteiger charge is 2.23. The third-order valence-corrected chi connectivity index (χ3v) is 7.65. The molecule has 5 aromatic rings. The smallest absolute Gasteiger partial charge is 0.328 e. The molecule has 4 aromatic carbocycles. The van der Waals surface area contributed by atoms with Crippen molar-refractivity contribution in [1.29, 1.82) is 0 Å². The molecule has 242 valence electrons. The zero-order valence-electron chi connectivity index (χ0n) is 26.7. The van der Waals surface area contributed by atoms with E-state index >= 15 is 0 Å². The summed E-state index contributed by atoms with van der Waals surface area (Å²) in [5.74, 6) is -0.0800. The van der Waals surface area contributed by atoms with Gasteiger partial charge in [0.15, 0.2) is 5.78 Å². The molecule has 1 atom stereocenters. The van der Waals surface area contributed by atoms with Crippen LogP contribution in [0.4, 0.5) is 5.69 Å². The lowest BCUT2D eigenvalue weighted by Crippen LogP contribution is -2.33. The number of carbonyl (C=O) groups is 3. The number of hydrogen-bond acceptors (Lipinski definition) is 7. The van der Waals surface area contributed by atoms with Crippen LogP contribution in [0.15, 0.2) is 140 Å². The third kappa shape index (κ3) is 9.50. The Morgan fingerprint density at radius 1 is 0.812 bits per heavy atom. The zero-order chi connectivity index (χ0) is 33.6. The third-order valence-electron chi connectivity index (χ3n) is 7.65. The van der Waals surface area contributed by atoms with Gasteiger partial charge in [0, 0.05) is 48.2 Å². The first-order valence-electron chi connectivity index (χ1n) is 15.7. The maximum atomic E-state index is 13.2. The van der Waals surface area contributed by atoms with Crippen LogP contribution in [-0.2, 0) is 27.3 Å². The number of amides is 1. The van der Waals surface area contributed by atoms with Crippen LogP contribution in [0.5, 0.6) is 5.75 Å². The van der Waals surface area contributed by atoms with Gasteiger partial charge in [-0.25, -0.2) is 4.79 Å². The summed E-state index contributed by atoms with van der Waals surface area (Å²) in [7, 11) is 1.34. The Hall–Kier alpha value is -6.02. The molecule has 0 spiro atoms. The molecule has 0 fully saturated rings. The second kappa shape index (κ2) is 17.1. The van der Waals surface area contributed by atoms with Gasteiger partial charge in [0.1, 0.15) is 18.4 Å². The fraction of sp³-hybridized carbons (Fsp3) is 0.150. The molecule has 0 aliphatic carbocycles. The molecule has 8 heteroatoms. The van der Waals surface area contributed by atoms with Gasteiger partial charge in [-0.2, -0.15) is 0 Å². The first kappa shape index (κ1) is 33.3. The van der Waals surface area contributed by atoms with Gasteiger partial charge in [-0.05, 0) is 53.1 Å². The number of rotatable bonds is 15. The fourth-order valence-electron chi connectivity index (χ4n) is 5.12. The van der Waals surface area contributed by atoms with Crippen LogP contribution in [0.3, 0.4) is 0 Å². The second-order valence-electron chi connectivity index (χ2n) is 11.0. The predicted octanol–water partition coefficient (Wildman–Crippen LogP) is 6.63. The average Bonchev–Trinajstić information content (AvgIpc) is 3.14. The molecule has 0 saturated heterocycles. The lowest BCUT2D eigenvalue weighted by molar-refractivity contribution is -0.141. The van der Waals surface area contributed by atoms with Crippen LogP contribution < -0.4 is 10.1 Å². The second-order valence-corrected chi connectivity index (χ2v) is 11.0. The van der Waals surface area contributed by atoms with Gasteiger partial charge >= 0.3 is 5.97 Å². The van der Waals surface area contributed by atoms with Crippen molar-refractivity contribution in [3.05, 3.63) is 168 Å². The Morgan fingerprint density at radius 3 is 2.23 bits per heavy atom. The van der Waals surface area contributed by atoms with Crippen LogP contribution in [0.25, 0.3) is 6.08 Å².